The molecule has 7 heteroatoms. The molecule has 2 aromatic rings. The van der Waals surface area contributed by atoms with Gasteiger partial charge >= 0.3 is 10.1 Å². The van der Waals surface area contributed by atoms with Crippen molar-refractivity contribution < 1.29 is 17.4 Å². The Hall–Kier alpha value is -2.05. The number of nitrogens with two attached hydrogens (primary N) is 1. The van der Waals surface area contributed by atoms with E-state index in [1.54, 1.807) is 19.1 Å². The van der Waals surface area contributed by atoms with Gasteiger partial charge in [0, 0.05) is 10.6 Å². The molecule has 0 saturated heterocycles. The Balaban J connectivity index is 2.40. The highest BCUT2D eigenvalue weighted by Gasteiger charge is 2.20. The third kappa shape index (κ3) is 3.53. The van der Waals surface area contributed by atoms with Crippen LogP contribution in [0.15, 0.2) is 47.4 Å². The van der Waals surface area contributed by atoms with Gasteiger partial charge in [-0.25, -0.2) is 0 Å². The van der Waals surface area contributed by atoms with Gasteiger partial charge < -0.3 is 9.92 Å². The van der Waals surface area contributed by atoms with Crippen molar-refractivity contribution >= 4 is 27.6 Å². The van der Waals surface area contributed by atoms with Gasteiger partial charge in [-0.3, -0.25) is 4.79 Å². The molecule has 5 nitrogen and oxygen atoms in total. The summed E-state index contributed by atoms with van der Waals surface area (Å²) in [5.41, 5.74) is 5.80. The molecule has 2 aromatic carbocycles. The molecule has 0 saturated carbocycles. The van der Waals surface area contributed by atoms with Crippen LogP contribution in [0.4, 0.5) is 0 Å². The van der Waals surface area contributed by atoms with Crippen molar-refractivity contribution in [2.24, 2.45) is 5.73 Å². The SMILES string of the molecule is Cc1ccc(Cl)cc1S(=O)(=O)Oc1cccc(C(N)=O)c1. The molecule has 0 spiro atoms. The van der Waals surface area contributed by atoms with Crippen LogP contribution in [0.5, 0.6) is 5.75 Å². The molecular weight excluding hydrogens is 314 g/mol. The molecule has 0 aliphatic rings. The summed E-state index contributed by atoms with van der Waals surface area (Å²) in [6, 6.07) is 10.1. The van der Waals surface area contributed by atoms with Crippen molar-refractivity contribution in [3.63, 3.8) is 0 Å². The fraction of sp³-hybridized carbons (Fsp3) is 0.0714. The fourth-order valence-electron chi connectivity index (χ4n) is 1.72. The Labute approximate surface area is 127 Å². The highest BCUT2D eigenvalue weighted by atomic mass is 35.5. The van der Waals surface area contributed by atoms with Crippen molar-refractivity contribution in [3.8, 4) is 5.75 Å². The number of carbonyl (C=O) groups is 1. The monoisotopic (exact) mass is 325 g/mol. The molecule has 0 aromatic heterocycles. The van der Waals surface area contributed by atoms with Crippen LogP contribution in [-0.4, -0.2) is 14.3 Å². The Morgan fingerprint density at radius 1 is 1.19 bits per heavy atom. The first-order valence-electron chi connectivity index (χ1n) is 5.90. The van der Waals surface area contributed by atoms with Gasteiger partial charge in [0.25, 0.3) is 0 Å². The maximum atomic E-state index is 12.3. The van der Waals surface area contributed by atoms with Gasteiger partial charge in [-0.15, -0.1) is 0 Å². The lowest BCUT2D eigenvalue weighted by molar-refractivity contribution is 0.1000. The fourth-order valence-corrected chi connectivity index (χ4v) is 3.13. The zero-order valence-electron chi connectivity index (χ0n) is 11.0. The standard InChI is InChI=1S/C14H12ClNO4S/c1-9-5-6-11(15)8-13(9)21(18,19)20-12-4-2-3-10(7-12)14(16)17/h2-8H,1H3,(H2,16,17). The average molecular weight is 326 g/mol. The van der Waals surface area contributed by atoms with Gasteiger partial charge in [0.2, 0.25) is 5.91 Å². The molecule has 1 amide bonds. The van der Waals surface area contributed by atoms with E-state index >= 15 is 0 Å². The molecule has 21 heavy (non-hydrogen) atoms. The molecule has 2 N–H and O–H groups in total. The quantitative estimate of drug-likeness (QED) is 0.875. The van der Waals surface area contributed by atoms with Crippen molar-refractivity contribution in [2.75, 3.05) is 0 Å². The van der Waals surface area contributed by atoms with Gasteiger partial charge in [0.05, 0.1) is 0 Å². The minimum absolute atomic E-state index is 0.00526. The molecule has 0 heterocycles. The Morgan fingerprint density at radius 2 is 1.90 bits per heavy atom. The number of benzene rings is 2. The number of aryl methyl sites for hydroxylation is 1. The maximum Gasteiger partial charge on any atom is 0.339 e. The van der Waals surface area contributed by atoms with Gasteiger partial charge in [0.1, 0.15) is 10.6 Å². The van der Waals surface area contributed by atoms with Crippen molar-refractivity contribution in [3.05, 3.63) is 58.6 Å². The second-order valence-corrected chi connectivity index (χ2v) is 6.29. The van der Waals surface area contributed by atoms with E-state index in [0.29, 0.717) is 5.56 Å². The van der Waals surface area contributed by atoms with E-state index < -0.39 is 16.0 Å². The van der Waals surface area contributed by atoms with Crippen LogP contribution in [0.1, 0.15) is 15.9 Å². The Kier molecular flexibility index (Phi) is 4.20. The van der Waals surface area contributed by atoms with E-state index in [-0.39, 0.29) is 21.2 Å². The molecule has 0 aliphatic heterocycles. The number of primary amides is 1. The summed E-state index contributed by atoms with van der Waals surface area (Å²) >= 11 is 5.81. The first-order valence-corrected chi connectivity index (χ1v) is 7.69. The van der Waals surface area contributed by atoms with Crippen LogP contribution in [0.25, 0.3) is 0 Å². The lowest BCUT2D eigenvalue weighted by Gasteiger charge is -2.10. The molecule has 0 unspecified atom stereocenters. The van der Waals surface area contributed by atoms with E-state index in [9.17, 15) is 13.2 Å². The molecule has 110 valence electrons. The number of carbonyl (C=O) groups excluding carboxylic acids is 1. The second-order valence-electron chi connectivity index (χ2n) is 4.34. The number of rotatable bonds is 4. The molecule has 0 fully saturated rings. The van der Waals surface area contributed by atoms with Crippen LogP contribution in [0.2, 0.25) is 5.02 Å². The summed E-state index contributed by atoms with van der Waals surface area (Å²) < 4.78 is 29.5. The molecule has 2 rings (SSSR count). The third-order valence-electron chi connectivity index (χ3n) is 2.74. The van der Waals surface area contributed by atoms with Crippen LogP contribution >= 0.6 is 11.6 Å². The number of hydrogen-bond acceptors (Lipinski definition) is 4. The minimum Gasteiger partial charge on any atom is -0.379 e. The predicted molar refractivity (Wildman–Crippen MR) is 79.0 cm³/mol. The highest BCUT2D eigenvalue weighted by molar-refractivity contribution is 7.87. The predicted octanol–water partition coefficient (Wildman–Crippen LogP) is 2.52. The smallest absolute Gasteiger partial charge is 0.339 e. The largest absolute Gasteiger partial charge is 0.379 e. The summed E-state index contributed by atoms with van der Waals surface area (Å²) in [6.07, 6.45) is 0. The summed E-state index contributed by atoms with van der Waals surface area (Å²) in [4.78, 5) is 11.1. The zero-order valence-corrected chi connectivity index (χ0v) is 12.6. The maximum absolute atomic E-state index is 12.3. The molecule has 0 radical (unpaired) electrons. The first kappa shape index (κ1) is 15.3. The summed E-state index contributed by atoms with van der Waals surface area (Å²) in [5.74, 6) is -0.664. The number of hydrogen-bond donors (Lipinski definition) is 1. The highest BCUT2D eigenvalue weighted by Crippen LogP contribution is 2.24. The Morgan fingerprint density at radius 3 is 2.57 bits per heavy atom. The van der Waals surface area contributed by atoms with E-state index in [1.807, 2.05) is 0 Å². The van der Waals surface area contributed by atoms with Gasteiger partial charge in [-0.2, -0.15) is 8.42 Å². The van der Waals surface area contributed by atoms with Gasteiger partial charge in [-0.05, 0) is 42.8 Å². The zero-order chi connectivity index (χ0) is 15.6. The van der Waals surface area contributed by atoms with Crippen molar-refractivity contribution in [2.45, 2.75) is 11.8 Å². The van der Waals surface area contributed by atoms with E-state index in [4.69, 9.17) is 21.5 Å². The molecule has 0 atom stereocenters. The van der Waals surface area contributed by atoms with E-state index in [1.165, 1.54) is 30.3 Å². The van der Waals surface area contributed by atoms with Crippen LogP contribution < -0.4 is 9.92 Å². The number of amides is 1. The third-order valence-corrected chi connectivity index (χ3v) is 4.37. The normalized spacial score (nSPS) is 11.1. The molecule has 0 aliphatic carbocycles. The van der Waals surface area contributed by atoms with Crippen molar-refractivity contribution in [1.29, 1.82) is 0 Å². The minimum atomic E-state index is -4.05. The molecular formula is C14H12ClNO4S. The van der Waals surface area contributed by atoms with E-state index in [2.05, 4.69) is 0 Å². The lowest BCUT2D eigenvalue weighted by atomic mass is 10.2. The second kappa shape index (κ2) is 5.75. The topological polar surface area (TPSA) is 86.5 Å². The summed E-state index contributed by atoms with van der Waals surface area (Å²) in [7, 11) is -4.05. The molecule has 0 bridgehead atoms. The summed E-state index contributed by atoms with van der Waals surface area (Å²) in [6.45, 7) is 1.63. The summed E-state index contributed by atoms with van der Waals surface area (Å²) in [5, 5.41) is 0.286. The van der Waals surface area contributed by atoms with Crippen LogP contribution in [-0.2, 0) is 10.1 Å². The van der Waals surface area contributed by atoms with Crippen LogP contribution in [0, 0.1) is 6.92 Å². The number of halogens is 1. The van der Waals surface area contributed by atoms with Gasteiger partial charge in [0.15, 0.2) is 0 Å². The van der Waals surface area contributed by atoms with Crippen LogP contribution in [0.3, 0.4) is 0 Å². The first-order chi connectivity index (χ1) is 9.79. The Bertz CT molecular complexity index is 802. The van der Waals surface area contributed by atoms with E-state index in [0.717, 1.165) is 0 Å². The van der Waals surface area contributed by atoms with Gasteiger partial charge in [-0.1, -0.05) is 23.7 Å². The lowest BCUT2D eigenvalue weighted by Crippen LogP contribution is -2.13. The van der Waals surface area contributed by atoms with Crippen molar-refractivity contribution in [1.82, 2.24) is 0 Å². The average Bonchev–Trinajstić information content (AvgIpc) is 2.41.